The van der Waals surface area contributed by atoms with E-state index < -0.39 is 18.0 Å². The van der Waals surface area contributed by atoms with E-state index in [1.165, 1.54) is 7.05 Å². The van der Waals surface area contributed by atoms with Gasteiger partial charge in [0.15, 0.2) is 0 Å². The maximum absolute atomic E-state index is 11.5. The zero-order chi connectivity index (χ0) is 14.8. The van der Waals surface area contributed by atoms with Crippen LogP contribution in [0, 0.1) is 0 Å². The Morgan fingerprint density at radius 1 is 1.16 bits per heavy atom. The standard InChI is InChI=1S/C12H24N4O3/c1-5-8(2)15-10(17)6-7-14-9(3)11(18)16-12(19)13-4/h8-9,14H,5-7H2,1-4H3,(H,15,17)(H2,13,16,18,19). The summed E-state index contributed by atoms with van der Waals surface area (Å²) in [5.74, 6) is -0.484. The molecule has 2 unspecified atom stereocenters. The number of hydrogen-bond donors (Lipinski definition) is 4. The first kappa shape index (κ1) is 17.4. The molecule has 0 rings (SSSR count). The molecule has 2 atom stereocenters. The SMILES string of the molecule is CCC(C)NC(=O)CCNC(C)C(=O)NC(=O)NC. The van der Waals surface area contributed by atoms with Crippen molar-refractivity contribution >= 4 is 17.8 Å². The van der Waals surface area contributed by atoms with Crippen molar-refractivity contribution < 1.29 is 14.4 Å². The maximum atomic E-state index is 11.5. The number of imide groups is 1. The first-order valence-corrected chi connectivity index (χ1v) is 6.46. The summed E-state index contributed by atoms with van der Waals surface area (Å²) in [6.45, 7) is 5.94. The smallest absolute Gasteiger partial charge is 0.321 e. The summed E-state index contributed by atoms with van der Waals surface area (Å²) in [6, 6.07) is -0.927. The van der Waals surface area contributed by atoms with E-state index in [4.69, 9.17) is 0 Å². The van der Waals surface area contributed by atoms with Crippen molar-refractivity contribution in [2.24, 2.45) is 0 Å². The van der Waals surface area contributed by atoms with Crippen LogP contribution in [0.4, 0.5) is 4.79 Å². The normalized spacial score (nSPS) is 13.3. The summed E-state index contributed by atoms with van der Waals surface area (Å²) in [4.78, 5) is 33.9. The van der Waals surface area contributed by atoms with Gasteiger partial charge in [-0.2, -0.15) is 0 Å². The molecule has 110 valence electrons. The van der Waals surface area contributed by atoms with Crippen LogP contribution in [0.2, 0.25) is 0 Å². The van der Waals surface area contributed by atoms with E-state index in [2.05, 4.69) is 21.3 Å². The fraction of sp³-hybridized carbons (Fsp3) is 0.750. The molecule has 4 amide bonds. The van der Waals surface area contributed by atoms with E-state index in [1.807, 2.05) is 13.8 Å². The highest BCUT2D eigenvalue weighted by Crippen LogP contribution is 1.90. The average Bonchev–Trinajstić information content (AvgIpc) is 2.37. The number of carbonyl (C=O) groups is 3. The zero-order valence-corrected chi connectivity index (χ0v) is 12.0. The van der Waals surface area contributed by atoms with Gasteiger partial charge in [-0.25, -0.2) is 4.79 Å². The summed E-state index contributed by atoms with van der Waals surface area (Å²) < 4.78 is 0. The molecule has 4 N–H and O–H groups in total. The van der Waals surface area contributed by atoms with E-state index in [0.717, 1.165) is 6.42 Å². The van der Waals surface area contributed by atoms with Crippen LogP contribution in [0.25, 0.3) is 0 Å². The molecule has 0 aliphatic heterocycles. The van der Waals surface area contributed by atoms with Gasteiger partial charge in [-0.1, -0.05) is 6.92 Å². The van der Waals surface area contributed by atoms with E-state index >= 15 is 0 Å². The lowest BCUT2D eigenvalue weighted by Gasteiger charge is -2.14. The molecule has 19 heavy (non-hydrogen) atoms. The summed E-state index contributed by atoms with van der Waals surface area (Å²) in [6.07, 6.45) is 1.17. The Labute approximate surface area is 113 Å². The van der Waals surface area contributed by atoms with Gasteiger partial charge in [0.1, 0.15) is 0 Å². The van der Waals surface area contributed by atoms with Crippen molar-refractivity contribution in [1.29, 1.82) is 0 Å². The second-order valence-electron chi connectivity index (χ2n) is 4.37. The lowest BCUT2D eigenvalue weighted by Crippen LogP contribution is -2.48. The fourth-order valence-corrected chi connectivity index (χ4v) is 1.23. The molecule has 0 radical (unpaired) electrons. The summed E-state index contributed by atoms with van der Waals surface area (Å²) >= 11 is 0. The molecule has 0 aliphatic rings. The zero-order valence-electron chi connectivity index (χ0n) is 12.0. The minimum absolute atomic E-state index is 0.0549. The molecule has 0 heterocycles. The van der Waals surface area contributed by atoms with Gasteiger partial charge in [0, 0.05) is 26.1 Å². The van der Waals surface area contributed by atoms with E-state index in [1.54, 1.807) is 6.92 Å². The van der Waals surface area contributed by atoms with Gasteiger partial charge in [-0.3, -0.25) is 14.9 Å². The number of amides is 4. The lowest BCUT2D eigenvalue weighted by molar-refractivity contribution is -0.123. The van der Waals surface area contributed by atoms with Crippen LogP contribution in [0.15, 0.2) is 0 Å². The third-order valence-corrected chi connectivity index (χ3v) is 2.68. The first-order valence-electron chi connectivity index (χ1n) is 6.46. The lowest BCUT2D eigenvalue weighted by atomic mass is 10.2. The van der Waals surface area contributed by atoms with Crippen molar-refractivity contribution in [3.63, 3.8) is 0 Å². The largest absolute Gasteiger partial charge is 0.354 e. The van der Waals surface area contributed by atoms with Crippen molar-refractivity contribution in [3.8, 4) is 0 Å². The molecule has 0 aromatic heterocycles. The van der Waals surface area contributed by atoms with Crippen LogP contribution < -0.4 is 21.3 Å². The predicted molar refractivity (Wildman–Crippen MR) is 72.6 cm³/mol. The highest BCUT2D eigenvalue weighted by Gasteiger charge is 2.14. The van der Waals surface area contributed by atoms with Crippen molar-refractivity contribution in [2.45, 2.75) is 45.7 Å². The van der Waals surface area contributed by atoms with Gasteiger partial charge in [0.05, 0.1) is 6.04 Å². The van der Waals surface area contributed by atoms with Gasteiger partial charge < -0.3 is 16.0 Å². The van der Waals surface area contributed by atoms with Crippen LogP contribution in [0.3, 0.4) is 0 Å². The third-order valence-electron chi connectivity index (χ3n) is 2.68. The highest BCUT2D eigenvalue weighted by atomic mass is 16.2. The van der Waals surface area contributed by atoms with Gasteiger partial charge in [0.2, 0.25) is 11.8 Å². The first-order chi connectivity index (χ1) is 8.90. The Hall–Kier alpha value is -1.63. The molecule has 0 saturated carbocycles. The van der Waals surface area contributed by atoms with Crippen molar-refractivity contribution in [1.82, 2.24) is 21.3 Å². The van der Waals surface area contributed by atoms with Gasteiger partial charge in [-0.15, -0.1) is 0 Å². The summed E-state index contributed by atoms with van der Waals surface area (Å²) in [7, 11) is 1.43. The Kier molecular flexibility index (Phi) is 8.52. The molecule has 0 spiro atoms. The number of rotatable bonds is 7. The van der Waals surface area contributed by atoms with Gasteiger partial charge in [-0.05, 0) is 20.3 Å². The van der Waals surface area contributed by atoms with Gasteiger partial charge >= 0.3 is 6.03 Å². The average molecular weight is 272 g/mol. The Balaban J connectivity index is 3.84. The molecular weight excluding hydrogens is 248 g/mol. The molecule has 0 aliphatic carbocycles. The molecular formula is C12H24N4O3. The quantitative estimate of drug-likeness (QED) is 0.512. The Bertz CT molecular complexity index is 320. The fourth-order valence-electron chi connectivity index (χ4n) is 1.23. The maximum Gasteiger partial charge on any atom is 0.321 e. The molecule has 0 fully saturated rings. The molecule has 0 aromatic carbocycles. The van der Waals surface area contributed by atoms with Gasteiger partial charge in [0.25, 0.3) is 0 Å². The molecule has 7 nitrogen and oxygen atoms in total. The second kappa shape index (κ2) is 9.32. The van der Waals surface area contributed by atoms with Crippen LogP contribution in [0.5, 0.6) is 0 Å². The summed E-state index contributed by atoms with van der Waals surface area (Å²) in [5, 5.41) is 10.2. The van der Waals surface area contributed by atoms with Crippen LogP contribution >= 0.6 is 0 Å². The Morgan fingerprint density at radius 3 is 2.32 bits per heavy atom. The minimum Gasteiger partial charge on any atom is -0.354 e. The van der Waals surface area contributed by atoms with E-state index in [-0.39, 0.29) is 11.9 Å². The van der Waals surface area contributed by atoms with E-state index in [9.17, 15) is 14.4 Å². The van der Waals surface area contributed by atoms with Crippen LogP contribution in [-0.4, -0.2) is 43.5 Å². The Morgan fingerprint density at radius 2 is 1.79 bits per heavy atom. The summed E-state index contributed by atoms with van der Waals surface area (Å²) in [5.41, 5.74) is 0. The minimum atomic E-state index is -0.548. The molecule has 0 bridgehead atoms. The molecule has 7 heteroatoms. The second-order valence-corrected chi connectivity index (χ2v) is 4.37. The number of nitrogens with one attached hydrogen (secondary N) is 4. The predicted octanol–water partition coefficient (Wildman–Crippen LogP) is -0.275. The number of hydrogen-bond acceptors (Lipinski definition) is 4. The van der Waals surface area contributed by atoms with Crippen LogP contribution in [-0.2, 0) is 9.59 Å². The monoisotopic (exact) mass is 272 g/mol. The third kappa shape index (κ3) is 8.15. The van der Waals surface area contributed by atoms with Crippen molar-refractivity contribution in [3.05, 3.63) is 0 Å². The van der Waals surface area contributed by atoms with Crippen molar-refractivity contribution in [2.75, 3.05) is 13.6 Å². The van der Waals surface area contributed by atoms with Crippen LogP contribution in [0.1, 0.15) is 33.6 Å². The number of carbonyl (C=O) groups excluding carboxylic acids is 3. The topological polar surface area (TPSA) is 99.3 Å². The molecule has 0 saturated heterocycles. The highest BCUT2D eigenvalue weighted by molar-refractivity contribution is 5.96. The van der Waals surface area contributed by atoms with E-state index in [0.29, 0.717) is 13.0 Å². The molecule has 0 aromatic rings. The number of urea groups is 1.